The second kappa shape index (κ2) is 7.99. The molecule has 5 nitrogen and oxygen atoms in total. The Morgan fingerprint density at radius 2 is 2.19 bits per heavy atom. The normalized spacial score (nSPS) is 26.8. The van der Waals surface area contributed by atoms with E-state index in [0.29, 0.717) is 12.0 Å². The Balaban J connectivity index is 1.66. The van der Waals surface area contributed by atoms with Crippen LogP contribution in [0.5, 0.6) is 0 Å². The zero-order valence-corrected chi connectivity index (χ0v) is 13.8. The predicted octanol–water partition coefficient (Wildman–Crippen LogP) is 1.93. The molecule has 0 aromatic carbocycles. The number of rotatable bonds is 6. The van der Waals surface area contributed by atoms with Crippen molar-refractivity contribution in [3.05, 3.63) is 0 Å². The van der Waals surface area contributed by atoms with Crippen LogP contribution in [0, 0.1) is 5.41 Å². The first-order valence-corrected chi connectivity index (χ1v) is 8.28. The molecule has 2 aliphatic rings. The van der Waals surface area contributed by atoms with E-state index in [-0.39, 0.29) is 12.1 Å². The van der Waals surface area contributed by atoms with Crippen molar-refractivity contribution >= 4 is 5.96 Å². The molecule has 0 amide bonds. The summed E-state index contributed by atoms with van der Waals surface area (Å²) in [5.41, 5.74) is 0.429. The van der Waals surface area contributed by atoms with E-state index < -0.39 is 0 Å². The van der Waals surface area contributed by atoms with Crippen molar-refractivity contribution in [2.45, 2.75) is 58.1 Å². The summed E-state index contributed by atoms with van der Waals surface area (Å²) in [4.78, 5) is 4.31. The smallest absolute Gasteiger partial charge is 0.191 e. The number of guanidine groups is 1. The largest absolute Gasteiger partial charge is 0.379 e. The monoisotopic (exact) mass is 297 g/mol. The van der Waals surface area contributed by atoms with Crippen LogP contribution in [0.3, 0.4) is 0 Å². The van der Waals surface area contributed by atoms with Crippen LogP contribution in [-0.4, -0.2) is 51.5 Å². The van der Waals surface area contributed by atoms with E-state index in [2.05, 4.69) is 29.5 Å². The Morgan fingerprint density at radius 1 is 1.43 bits per heavy atom. The maximum absolute atomic E-state index is 5.84. The first-order chi connectivity index (χ1) is 10.1. The highest BCUT2D eigenvalue weighted by Crippen LogP contribution is 2.36. The van der Waals surface area contributed by atoms with E-state index in [9.17, 15) is 0 Å². The van der Waals surface area contributed by atoms with Crippen LogP contribution < -0.4 is 10.6 Å². The summed E-state index contributed by atoms with van der Waals surface area (Å²) >= 11 is 0. The molecule has 1 heterocycles. The second-order valence-electron chi connectivity index (χ2n) is 6.81. The fourth-order valence-corrected chi connectivity index (χ4v) is 3.10. The maximum Gasteiger partial charge on any atom is 0.191 e. The first-order valence-electron chi connectivity index (χ1n) is 8.28. The van der Waals surface area contributed by atoms with Gasteiger partial charge in [0.15, 0.2) is 5.96 Å². The molecule has 0 aromatic rings. The first kappa shape index (κ1) is 16.6. The minimum absolute atomic E-state index is 0.244. The lowest BCUT2D eigenvalue weighted by Crippen LogP contribution is -2.47. The van der Waals surface area contributed by atoms with E-state index in [0.717, 1.165) is 32.1 Å². The summed E-state index contributed by atoms with van der Waals surface area (Å²) in [7, 11) is 1.82. The van der Waals surface area contributed by atoms with Crippen LogP contribution in [0.25, 0.3) is 0 Å². The molecule has 0 radical (unpaired) electrons. The maximum atomic E-state index is 5.84. The molecule has 1 saturated heterocycles. The van der Waals surface area contributed by atoms with Gasteiger partial charge in [0.1, 0.15) is 0 Å². The van der Waals surface area contributed by atoms with Gasteiger partial charge in [-0.25, -0.2) is 0 Å². The Hall–Kier alpha value is -0.810. The van der Waals surface area contributed by atoms with Crippen molar-refractivity contribution in [2.24, 2.45) is 10.4 Å². The summed E-state index contributed by atoms with van der Waals surface area (Å²) in [6.07, 6.45) is 6.63. The van der Waals surface area contributed by atoms with Gasteiger partial charge >= 0.3 is 0 Å². The third-order valence-corrected chi connectivity index (χ3v) is 4.57. The lowest BCUT2D eigenvalue weighted by molar-refractivity contribution is 0.0347. The van der Waals surface area contributed by atoms with Gasteiger partial charge in [-0.05, 0) is 31.6 Å². The van der Waals surface area contributed by atoms with Crippen LogP contribution >= 0.6 is 0 Å². The lowest BCUT2D eigenvalue weighted by Gasteiger charge is -2.26. The van der Waals surface area contributed by atoms with Gasteiger partial charge in [-0.3, -0.25) is 4.99 Å². The second-order valence-corrected chi connectivity index (χ2v) is 6.81. The average molecular weight is 297 g/mol. The summed E-state index contributed by atoms with van der Waals surface area (Å²) in [5.74, 6) is 0.877. The molecule has 0 aromatic heterocycles. The molecule has 1 aliphatic heterocycles. The molecular formula is C16H31N3O2. The SMILES string of the molecule is CN=C(NCC1(C)CCCC1)NC(C)COC1CCOC1. The van der Waals surface area contributed by atoms with Gasteiger partial charge in [0, 0.05) is 26.2 Å². The highest BCUT2D eigenvalue weighted by Gasteiger charge is 2.28. The van der Waals surface area contributed by atoms with Crippen molar-refractivity contribution < 1.29 is 9.47 Å². The summed E-state index contributed by atoms with van der Waals surface area (Å²) in [6, 6.07) is 0.244. The molecule has 1 saturated carbocycles. The van der Waals surface area contributed by atoms with Crippen LogP contribution in [0.15, 0.2) is 4.99 Å². The van der Waals surface area contributed by atoms with Gasteiger partial charge < -0.3 is 20.1 Å². The zero-order valence-electron chi connectivity index (χ0n) is 13.8. The molecule has 1 aliphatic carbocycles. The van der Waals surface area contributed by atoms with Crippen LogP contribution in [-0.2, 0) is 9.47 Å². The van der Waals surface area contributed by atoms with E-state index in [4.69, 9.17) is 9.47 Å². The van der Waals surface area contributed by atoms with Crippen molar-refractivity contribution in [1.82, 2.24) is 10.6 Å². The predicted molar refractivity (Wildman–Crippen MR) is 85.7 cm³/mol. The Morgan fingerprint density at radius 3 is 2.81 bits per heavy atom. The Labute approximate surface area is 128 Å². The number of nitrogens with zero attached hydrogens (tertiary/aromatic N) is 1. The van der Waals surface area contributed by atoms with Crippen molar-refractivity contribution in [2.75, 3.05) is 33.4 Å². The number of hydrogen-bond acceptors (Lipinski definition) is 3. The summed E-state index contributed by atoms with van der Waals surface area (Å²) < 4.78 is 11.2. The van der Waals surface area contributed by atoms with Crippen LogP contribution in [0.4, 0.5) is 0 Å². The Kier molecular flexibility index (Phi) is 6.30. The summed E-state index contributed by atoms with van der Waals surface area (Å²) in [6.45, 7) is 7.74. The number of nitrogens with one attached hydrogen (secondary N) is 2. The van der Waals surface area contributed by atoms with Gasteiger partial charge in [0.2, 0.25) is 0 Å². The van der Waals surface area contributed by atoms with E-state index in [1.54, 1.807) is 0 Å². The molecule has 5 heteroatoms. The van der Waals surface area contributed by atoms with E-state index in [1.165, 1.54) is 25.7 Å². The quantitative estimate of drug-likeness (QED) is 0.581. The third kappa shape index (κ3) is 5.47. The standard InChI is InChI=1S/C16H31N3O2/c1-13(10-21-14-6-9-20-11-14)19-15(17-3)18-12-16(2)7-4-5-8-16/h13-14H,4-12H2,1-3H3,(H2,17,18,19). The molecule has 2 fully saturated rings. The average Bonchev–Trinajstić information content (AvgIpc) is 3.13. The van der Waals surface area contributed by atoms with Crippen molar-refractivity contribution in [1.29, 1.82) is 0 Å². The van der Waals surface area contributed by atoms with Gasteiger partial charge in [-0.15, -0.1) is 0 Å². The van der Waals surface area contributed by atoms with E-state index in [1.807, 2.05) is 7.05 Å². The minimum atomic E-state index is 0.244. The Bertz CT molecular complexity index is 334. The molecule has 2 atom stereocenters. The highest BCUT2D eigenvalue weighted by molar-refractivity contribution is 5.79. The molecule has 2 rings (SSSR count). The molecule has 2 unspecified atom stereocenters. The van der Waals surface area contributed by atoms with Crippen LogP contribution in [0.2, 0.25) is 0 Å². The highest BCUT2D eigenvalue weighted by atomic mass is 16.5. The van der Waals surface area contributed by atoms with Gasteiger partial charge in [0.25, 0.3) is 0 Å². The zero-order chi connectivity index (χ0) is 15.1. The lowest BCUT2D eigenvalue weighted by atomic mass is 9.89. The minimum Gasteiger partial charge on any atom is -0.379 e. The van der Waals surface area contributed by atoms with Gasteiger partial charge in [-0.2, -0.15) is 0 Å². The van der Waals surface area contributed by atoms with Crippen molar-refractivity contribution in [3.63, 3.8) is 0 Å². The molecule has 21 heavy (non-hydrogen) atoms. The van der Waals surface area contributed by atoms with Gasteiger partial charge in [-0.1, -0.05) is 19.8 Å². The molecule has 0 bridgehead atoms. The molecular weight excluding hydrogens is 266 g/mol. The van der Waals surface area contributed by atoms with Gasteiger partial charge in [0.05, 0.1) is 19.3 Å². The van der Waals surface area contributed by atoms with Crippen LogP contribution in [0.1, 0.15) is 46.0 Å². The summed E-state index contributed by atoms with van der Waals surface area (Å²) in [5, 5.41) is 6.87. The fraction of sp³-hybridized carbons (Fsp3) is 0.938. The number of hydrogen-bond donors (Lipinski definition) is 2. The molecule has 2 N–H and O–H groups in total. The molecule has 122 valence electrons. The number of ether oxygens (including phenoxy) is 2. The van der Waals surface area contributed by atoms with Crippen molar-refractivity contribution in [3.8, 4) is 0 Å². The number of aliphatic imine (C=N–C) groups is 1. The fourth-order valence-electron chi connectivity index (χ4n) is 3.10. The third-order valence-electron chi connectivity index (χ3n) is 4.57. The molecule has 0 spiro atoms. The van der Waals surface area contributed by atoms with E-state index >= 15 is 0 Å². The topological polar surface area (TPSA) is 54.9 Å².